The van der Waals surface area contributed by atoms with Gasteiger partial charge in [0, 0.05) is 12.2 Å². The topological polar surface area (TPSA) is 39.7 Å². The molecule has 1 aliphatic carbocycles. The summed E-state index contributed by atoms with van der Waals surface area (Å²) in [5.74, 6) is 1.99. The molecule has 2 aromatic rings. The van der Waals surface area contributed by atoms with Crippen LogP contribution in [0.15, 0.2) is 30.3 Å². The van der Waals surface area contributed by atoms with Crippen molar-refractivity contribution >= 4 is 5.69 Å². The minimum Gasteiger partial charge on any atom is -0.493 e. The van der Waals surface area contributed by atoms with Crippen molar-refractivity contribution in [2.24, 2.45) is 0 Å². The van der Waals surface area contributed by atoms with Crippen LogP contribution in [0, 0.1) is 0 Å². The summed E-state index contributed by atoms with van der Waals surface area (Å²) in [4.78, 5) is 0. The highest BCUT2D eigenvalue weighted by Gasteiger charge is 2.15. The normalized spacial score (nSPS) is 13.1. The number of hydrogen-bond donors (Lipinski definition) is 1. The van der Waals surface area contributed by atoms with Gasteiger partial charge >= 0.3 is 0 Å². The van der Waals surface area contributed by atoms with Gasteiger partial charge in [0.15, 0.2) is 11.5 Å². The molecule has 4 heteroatoms. The van der Waals surface area contributed by atoms with Crippen LogP contribution in [0.5, 0.6) is 17.2 Å². The van der Waals surface area contributed by atoms with Crippen molar-refractivity contribution in [3.05, 3.63) is 47.0 Å². The Labute approximate surface area is 143 Å². The molecule has 0 aliphatic heterocycles. The summed E-state index contributed by atoms with van der Waals surface area (Å²) in [7, 11) is 4.90. The zero-order valence-corrected chi connectivity index (χ0v) is 14.6. The van der Waals surface area contributed by atoms with E-state index in [0.717, 1.165) is 12.0 Å². The number of rotatable bonds is 6. The Bertz CT molecular complexity index is 687. The fraction of sp³-hybridized carbons (Fsp3) is 0.400. The Morgan fingerprint density at radius 2 is 1.62 bits per heavy atom. The number of anilines is 1. The molecule has 0 saturated carbocycles. The Morgan fingerprint density at radius 3 is 2.29 bits per heavy atom. The first-order valence-corrected chi connectivity index (χ1v) is 8.40. The van der Waals surface area contributed by atoms with E-state index in [2.05, 4.69) is 23.5 Å². The molecule has 3 rings (SSSR count). The third-order valence-electron chi connectivity index (χ3n) is 4.60. The molecule has 1 aliphatic rings. The number of methoxy groups -OCH3 is 3. The van der Waals surface area contributed by atoms with E-state index in [1.165, 1.54) is 36.1 Å². The molecular formula is C20H25NO3. The van der Waals surface area contributed by atoms with E-state index in [0.29, 0.717) is 23.8 Å². The fourth-order valence-corrected chi connectivity index (χ4v) is 3.38. The number of aryl methyl sites for hydroxylation is 1. The standard InChI is InChI=1S/C20H25NO3/c1-22-18-11-14(12-19(23-2)20(18)24-3)13-21-17-10-6-8-15-7-4-5-9-16(15)17/h6,8,10-12,21H,4-5,7,9,13H2,1-3H3. The Balaban J connectivity index is 1.82. The molecule has 0 unspecified atom stereocenters. The van der Waals surface area contributed by atoms with Gasteiger partial charge in [-0.25, -0.2) is 0 Å². The predicted octanol–water partition coefficient (Wildman–Crippen LogP) is 4.20. The average Bonchev–Trinajstić information content (AvgIpc) is 2.65. The maximum atomic E-state index is 5.43. The van der Waals surface area contributed by atoms with E-state index < -0.39 is 0 Å². The summed E-state index contributed by atoms with van der Waals surface area (Å²) in [5.41, 5.74) is 5.28. The molecule has 0 aromatic heterocycles. The van der Waals surface area contributed by atoms with Crippen molar-refractivity contribution in [2.45, 2.75) is 32.2 Å². The number of benzene rings is 2. The zero-order chi connectivity index (χ0) is 16.9. The molecule has 0 heterocycles. The first-order chi connectivity index (χ1) is 11.8. The van der Waals surface area contributed by atoms with Gasteiger partial charge in [-0.3, -0.25) is 0 Å². The second-order valence-corrected chi connectivity index (χ2v) is 6.04. The third kappa shape index (κ3) is 3.28. The molecule has 4 nitrogen and oxygen atoms in total. The van der Waals surface area contributed by atoms with Crippen molar-refractivity contribution in [3.8, 4) is 17.2 Å². The van der Waals surface area contributed by atoms with Gasteiger partial charge in [-0.1, -0.05) is 12.1 Å². The lowest BCUT2D eigenvalue weighted by atomic mass is 9.90. The zero-order valence-electron chi connectivity index (χ0n) is 14.6. The fourth-order valence-electron chi connectivity index (χ4n) is 3.38. The second kappa shape index (κ2) is 7.47. The lowest BCUT2D eigenvalue weighted by Gasteiger charge is -2.20. The van der Waals surface area contributed by atoms with E-state index in [1.807, 2.05) is 12.1 Å². The lowest BCUT2D eigenvalue weighted by Crippen LogP contribution is -2.09. The van der Waals surface area contributed by atoms with Crippen LogP contribution >= 0.6 is 0 Å². The van der Waals surface area contributed by atoms with E-state index in [-0.39, 0.29) is 0 Å². The Hall–Kier alpha value is -2.36. The molecule has 2 aromatic carbocycles. The monoisotopic (exact) mass is 327 g/mol. The van der Waals surface area contributed by atoms with E-state index in [4.69, 9.17) is 14.2 Å². The second-order valence-electron chi connectivity index (χ2n) is 6.04. The van der Waals surface area contributed by atoms with E-state index >= 15 is 0 Å². The van der Waals surface area contributed by atoms with Gasteiger partial charge in [0.2, 0.25) is 5.75 Å². The summed E-state index contributed by atoms with van der Waals surface area (Å²) in [6.07, 6.45) is 4.92. The lowest BCUT2D eigenvalue weighted by molar-refractivity contribution is 0.324. The Kier molecular flexibility index (Phi) is 5.14. The average molecular weight is 327 g/mol. The van der Waals surface area contributed by atoms with Gasteiger partial charge in [-0.05, 0) is 60.6 Å². The van der Waals surface area contributed by atoms with Crippen LogP contribution in [0.2, 0.25) is 0 Å². The van der Waals surface area contributed by atoms with Crippen LogP contribution < -0.4 is 19.5 Å². The summed E-state index contributed by atoms with van der Waals surface area (Å²) < 4.78 is 16.2. The maximum absolute atomic E-state index is 5.43. The van der Waals surface area contributed by atoms with E-state index in [1.54, 1.807) is 21.3 Å². The van der Waals surface area contributed by atoms with Crippen molar-refractivity contribution in [1.29, 1.82) is 0 Å². The highest BCUT2D eigenvalue weighted by atomic mass is 16.5. The van der Waals surface area contributed by atoms with Gasteiger partial charge in [-0.15, -0.1) is 0 Å². The molecule has 0 saturated heterocycles. The minimum absolute atomic E-state index is 0.626. The molecule has 0 amide bonds. The van der Waals surface area contributed by atoms with Crippen molar-refractivity contribution in [1.82, 2.24) is 0 Å². The van der Waals surface area contributed by atoms with Crippen LogP contribution in [-0.4, -0.2) is 21.3 Å². The Morgan fingerprint density at radius 1 is 0.917 bits per heavy atom. The highest BCUT2D eigenvalue weighted by Crippen LogP contribution is 2.38. The predicted molar refractivity (Wildman–Crippen MR) is 96.5 cm³/mol. The molecular weight excluding hydrogens is 302 g/mol. The molecule has 0 radical (unpaired) electrons. The highest BCUT2D eigenvalue weighted by molar-refractivity contribution is 5.58. The molecule has 0 spiro atoms. The first kappa shape index (κ1) is 16.5. The van der Waals surface area contributed by atoms with Crippen molar-refractivity contribution in [2.75, 3.05) is 26.6 Å². The molecule has 1 N–H and O–H groups in total. The number of ether oxygens (including phenoxy) is 3. The maximum Gasteiger partial charge on any atom is 0.203 e. The molecule has 0 atom stereocenters. The molecule has 0 bridgehead atoms. The van der Waals surface area contributed by atoms with E-state index in [9.17, 15) is 0 Å². The van der Waals surface area contributed by atoms with Gasteiger partial charge in [0.1, 0.15) is 0 Å². The van der Waals surface area contributed by atoms with Crippen LogP contribution in [0.3, 0.4) is 0 Å². The van der Waals surface area contributed by atoms with Crippen LogP contribution in [-0.2, 0) is 19.4 Å². The first-order valence-electron chi connectivity index (χ1n) is 8.40. The van der Waals surface area contributed by atoms with Crippen molar-refractivity contribution in [3.63, 3.8) is 0 Å². The quantitative estimate of drug-likeness (QED) is 0.863. The molecule has 128 valence electrons. The van der Waals surface area contributed by atoms with Crippen molar-refractivity contribution < 1.29 is 14.2 Å². The summed E-state index contributed by atoms with van der Waals surface area (Å²) in [5, 5.41) is 3.58. The smallest absolute Gasteiger partial charge is 0.203 e. The SMILES string of the molecule is COc1cc(CNc2cccc3c2CCCC3)cc(OC)c1OC. The van der Waals surface area contributed by atoms with Crippen LogP contribution in [0.25, 0.3) is 0 Å². The largest absolute Gasteiger partial charge is 0.493 e. The minimum atomic E-state index is 0.626. The third-order valence-corrected chi connectivity index (χ3v) is 4.60. The summed E-state index contributed by atoms with van der Waals surface area (Å²) in [6.45, 7) is 0.715. The van der Waals surface area contributed by atoms with Gasteiger partial charge in [0.25, 0.3) is 0 Å². The molecule has 24 heavy (non-hydrogen) atoms. The summed E-state index contributed by atoms with van der Waals surface area (Å²) >= 11 is 0. The van der Waals surface area contributed by atoms with Gasteiger partial charge in [0.05, 0.1) is 21.3 Å². The number of nitrogens with one attached hydrogen (secondary N) is 1. The number of fused-ring (bicyclic) bond motifs is 1. The van der Waals surface area contributed by atoms with Crippen LogP contribution in [0.4, 0.5) is 5.69 Å². The number of hydrogen-bond acceptors (Lipinski definition) is 4. The molecule has 0 fully saturated rings. The van der Waals surface area contributed by atoms with Crippen LogP contribution in [0.1, 0.15) is 29.5 Å². The van der Waals surface area contributed by atoms with Gasteiger partial charge in [-0.2, -0.15) is 0 Å². The summed E-state index contributed by atoms with van der Waals surface area (Å²) in [6, 6.07) is 10.5. The van der Waals surface area contributed by atoms with Gasteiger partial charge < -0.3 is 19.5 Å².